The molecule has 0 bridgehead atoms. The van der Waals surface area contributed by atoms with Crippen LogP contribution in [0.5, 0.6) is 11.5 Å². The molecule has 0 unspecified atom stereocenters. The number of nitrogens with one attached hydrogen (secondary N) is 1. The molecule has 21 heavy (non-hydrogen) atoms. The van der Waals surface area contributed by atoms with E-state index >= 15 is 0 Å². The van der Waals surface area contributed by atoms with Gasteiger partial charge < -0.3 is 19.9 Å². The van der Waals surface area contributed by atoms with Crippen LogP contribution in [0.1, 0.15) is 39.2 Å². The second kappa shape index (κ2) is 8.90. The molecule has 0 aliphatic carbocycles. The Morgan fingerprint density at radius 3 is 2.38 bits per heavy atom. The third-order valence-electron chi connectivity index (χ3n) is 4.19. The summed E-state index contributed by atoms with van der Waals surface area (Å²) < 4.78 is 10.9. The fourth-order valence-corrected chi connectivity index (χ4v) is 2.35. The van der Waals surface area contributed by atoms with Gasteiger partial charge in [-0.2, -0.15) is 0 Å². The minimum absolute atomic E-state index is 0.0185. The SMILES string of the molecule is CCOc1ccc(CNCC(CC)(CC)CO)cc1OC. The molecular formula is C17H29NO3. The average molecular weight is 295 g/mol. The number of hydrogen-bond donors (Lipinski definition) is 2. The lowest BCUT2D eigenvalue weighted by Crippen LogP contribution is -2.36. The summed E-state index contributed by atoms with van der Waals surface area (Å²) in [5.74, 6) is 1.53. The van der Waals surface area contributed by atoms with Gasteiger partial charge in [0.15, 0.2) is 11.5 Å². The fourth-order valence-electron chi connectivity index (χ4n) is 2.35. The van der Waals surface area contributed by atoms with Gasteiger partial charge in [-0.1, -0.05) is 19.9 Å². The molecule has 0 radical (unpaired) electrons. The number of methoxy groups -OCH3 is 1. The summed E-state index contributed by atoms with van der Waals surface area (Å²) in [5, 5.41) is 13.0. The van der Waals surface area contributed by atoms with Crippen LogP contribution in [0.3, 0.4) is 0 Å². The van der Waals surface area contributed by atoms with E-state index in [1.807, 2.05) is 25.1 Å². The summed E-state index contributed by atoms with van der Waals surface area (Å²) in [7, 11) is 1.65. The van der Waals surface area contributed by atoms with Gasteiger partial charge >= 0.3 is 0 Å². The van der Waals surface area contributed by atoms with Crippen LogP contribution in [0.15, 0.2) is 18.2 Å². The first kappa shape index (κ1) is 17.8. The second-order valence-corrected chi connectivity index (χ2v) is 5.39. The lowest BCUT2D eigenvalue weighted by Gasteiger charge is -2.29. The van der Waals surface area contributed by atoms with Crippen LogP contribution in [-0.2, 0) is 6.54 Å². The number of aliphatic hydroxyl groups excluding tert-OH is 1. The lowest BCUT2D eigenvalue weighted by atomic mass is 9.83. The lowest BCUT2D eigenvalue weighted by molar-refractivity contribution is 0.113. The molecule has 1 rings (SSSR count). The van der Waals surface area contributed by atoms with E-state index in [-0.39, 0.29) is 12.0 Å². The highest BCUT2D eigenvalue weighted by atomic mass is 16.5. The molecule has 2 N–H and O–H groups in total. The van der Waals surface area contributed by atoms with E-state index < -0.39 is 0 Å². The van der Waals surface area contributed by atoms with E-state index in [0.717, 1.165) is 43.0 Å². The molecule has 0 spiro atoms. The Hall–Kier alpha value is -1.26. The van der Waals surface area contributed by atoms with Gasteiger partial charge in [0.05, 0.1) is 13.7 Å². The van der Waals surface area contributed by atoms with E-state index in [9.17, 15) is 5.11 Å². The maximum absolute atomic E-state index is 9.57. The molecule has 0 aliphatic heterocycles. The Bertz CT molecular complexity index is 408. The highest BCUT2D eigenvalue weighted by molar-refractivity contribution is 5.42. The minimum atomic E-state index is -0.0185. The highest BCUT2D eigenvalue weighted by Gasteiger charge is 2.24. The van der Waals surface area contributed by atoms with Crippen molar-refractivity contribution in [3.63, 3.8) is 0 Å². The van der Waals surface area contributed by atoms with E-state index in [0.29, 0.717) is 6.61 Å². The van der Waals surface area contributed by atoms with Crippen molar-refractivity contribution in [3.05, 3.63) is 23.8 Å². The molecule has 4 nitrogen and oxygen atoms in total. The summed E-state index contributed by atoms with van der Waals surface area (Å²) in [6.07, 6.45) is 1.94. The molecule has 0 aromatic heterocycles. The Balaban J connectivity index is 2.63. The first-order valence-electron chi connectivity index (χ1n) is 7.76. The van der Waals surface area contributed by atoms with Crippen molar-refractivity contribution in [2.75, 3.05) is 26.9 Å². The summed E-state index contributed by atoms with van der Waals surface area (Å²) in [4.78, 5) is 0. The van der Waals surface area contributed by atoms with Gasteiger partial charge in [0, 0.05) is 25.1 Å². The monoisotopic (exact) mass is 295 g/mol. The Morgan fingerprint density at radius 2 is 1.86 bits per heavy atom. The third kappa shape index (κ3) is 4.90. The van der Waals surface area contributed by atoms with E-state index in [4.69, 9.17) is 9.47 Å². The van der Waals surface area contributed by atoms with Gasteiger partial charge in [0.1, 0.15) is 0 Å². The average Bonchev–Trinajstić information content (AvgIpc) is 2.53. The largest absolute Gasteiger partial charge is 0.493 e. The van der Waals surface area contributed by atoms with Crippen molar-refractivity contribution in [3.8, 4) is 11.5 Å². The Kier molecular flexibility index (Phi) is 7.54. The minimum Gasteiger partial charge on any atom is -0.493 e. The summed E-state index contributed by atoms with van der Waals surface area (Å²) in [6.45, 7) is 8.62. The van der Waals surface area contributed by atoms with Gasteiger partial charge in [-0.15, -0.1) is 0 Å². The Labute approximate surface area is 128 Å². The smallest absolute Gasteiger partial charge is 0.161 e. The van der Waals surface area contributed by atoms with E-state index in [2.05, 4.69) is 19.2 Å². The van der Waals surface area contributed by atoms with Gasteiger partial charge in [-0.05, 0) is 37.5 Å². The molecule has 0 heterocycles. The Morgan fingerprint density at radius 1 is 1.14 bits per heavy atom. The molecule has 0 atom stereocenters. The first-order chi connectivity index (χ1) is 10.1. The van der Waals surface area contributed by atoms with Crippen molar-refractivity contribution < 1.29 is 14.6 Å². The molecule has 0 saturated carbocycles. The zero-order chi connectivity index (χ0) is 15.7. The molecule has 0 fully saturated rings. The van der Waals surface area contributed by atoms with Gasteiger partial charge in [-0.25, -0.2) is 0 Å². The van der Waals surface area contributed by atoms with Crippen LogP contribution in [-0.4, -0.2) is 32.0 Å². The van der Waals surface area contributed by atoms with Gasteiger partial charge in [0.2, 0.25) is 0 Å². The molecule has 120 valence electrons. The van der Waals surface area contributed by atoms with Gasteiger partial charge in [0.25, 0.3) is 0 Å². The zero-order valence-corrected chi connectivity index (χ0v) is 13.7. The summed E-state index contributed by atoms with van der Waals surface area (Å²) >= 11 is 0. The predicted octanol–water partition coefficient (Wildman–Crippen LogP) is 2.98. The standard InChI is InChI=1S/C17H29NO3/c1-5-17(6-2,13-19)12-18-11-14-8-9-15(21-7-3)16(10-14)20-4/h8-10,18-19H,5-7,11-13H2,1-4H3. The van der Waals surface area contributed by atoms with Crippen LogP contribution in [0.4, 0.5) is 0 Å². The molecule has 4 heteroatoms. The van der Waals surface area contributed by atoms with Crippen LogP contribution in [0, 0.1) is 5.41 Å². The normalized spacial score (nSPS) is 11.5. The van der Waals surface area contributed by atoms with E-state index in [1.54, 1.807) is 7.11 Å². The third-order valence-corrected chi connectivity index (χ3v) is 4.19. The zero-order valence-electron chi connectivity index (χ0n) is 13.7. The second-order valence-electron chi connectivity index (χ2n) is 5.39. The number of hydrogen-bond acceptors (Lipinski definition) is 4. The maximum atomic E-state index is 9.57. The van der Waals surface area contributed by atoms with Crippen molar-refractivity contribution in [2.45, 2.75) is 40.2 Å². The van der Waals surface area contributed by atoms with Crippen LogP contribution in [0.2, 0.25) is 0 Å². The number of rotatable bonds is 10. The van der Waals surface area contributed by atoms with Crippen LogP contribution in [0.25, 0.3) is 0 Å². The molecule has 0 saturated heterocycles. The number of benzene rings is 1. The molecule has 0 amide bonds. The molecule has 1 aromatic rings. The first-order valence-corrected chi connectivity index (χ1v) is 7.76. The quantitative estimate of drug-likeness (QED) is 0.697. The summed E-state index contributed by atoms with van der Waals surface area (Å²) in [5.41, 5.74) is 1.13. The van der Waals surface area contributed by atoms with Gasteiger partial charge in [-0.3, -0.25) is 0 Å². The molecular weight excluding hydrogens is 266 g/mol. The van der Waals surface area contributed by atoms with E-state index in [1.165, 1.54) is 0 Å². The van der Waals surface area contributed by atoms with Crippen molar-refractivity contribution in [1.82, 2.24) is 5.32 Å². The van der Waals surface area contributed by atoms with Crippen molar-refractivity contribution in [2.24, 2.45) is 5.41 Å². The van der Waals surface area contributed by atoms with Crippen molar-refractivity contribution >= 4 is 0 Å². The number of ether oxygens (including phenoxy) is 2. The molecule has 0 aliphatic rings. The fraction of sp³-hybridized carbons (Fsp3) is 0.647. The topological polar surface area (TPSA) is 50.7 Å². The maximum Gasteiger partial charge on any atom is 0.161 e. The molecule has 1 aromatic carbocycles. The van der Waals surface area contributed by atoms with Crippen molar-refractivity contribution in [1.29, 1.82) is 0 Å². The predicted molar refractivity (Wildman–Crippen MR) is 86.0 cm³/mol. The highest BCUT2D eigenvalue weighted by Crippen LogP contribution is 2.28. The van der Waals surface area contributed by atoms with Crippen LogP contribution >= 0.6 is 0 Å². The summed E-state index contributed by atoms with van der Waals surface area (Å²) in [6, 6.07) is 5.98. The van der Waals surface area contributed by atoms with Crippen LogP contribution < -0.4 is 14.8 Å². The number of aliphatic hydroxyl groups is 1.